The van der Waals surface area contributed by atoms with Crippen molar-refractivity contribution < 1.29 is 0 Å². The molecule has 112 valence electrons. The van der Waals surface area contributed by atoms with Gasteiger partial charge in [-0.15, -0.1) is 0 Å². The Bertz CT molecular complexity index is 621. The average molecular weight is 285 g/mol. The third kappa shape index (κ3) is 2.50. The fraction of sp³-hybridized carbons (Fsp3) is 0.625. The normalized spacial score (nSPS) is 21.5. The lowest BCUT2D eigenvalue weighted by molar-refractivity contribution is 0.251. The summed E-state index contributed by atoms with van der Waals surface area (Å²) in [7, 11) is 2.19. The molecular weight excluding hydrogens is 262 g/mol. The molecule has 2 aromatic rings. The number of fused-ring (bicyclic) bond motifs is 1. The zero-order valence-corrected chi connectivity index (χ0v) is 12.7. The van der Waals surface area contributed by atoms with Gasteiger partial charge in [-0.05, 0) is 58.0 Å². The Labute approximate surface area is 125 Å². The molecule has 0 unspecified atom stereocenters. The molecular formula is C16H23N5. The van der Waals surface area contributed by atoms with Gasteiger partial charge in [-0.25, -0.2) is 9.50 Å². The third-order valence-electron chi connectivity index (χ3n) is 4.89. The van der Waals surface area contributed by atoms with Crippen LogP contribution in [0.5, 0.6) is 0 Å². The minimum atomic E-state index is 0.524. The van der Waals surface area contributed by atoms with E-state index >= 15 is 0 Å². The minimum absolute atomic E-state index is 0.524. The van der Waals surface area contributed by atoms with E-state index in [0.717, 1.165) is 24.6 Å². The highest BCUT2D eigenvalue weighted by molar-refractivity contribution is 5.51. The first-order chi connectivity index (χ1) is 10.3. The number of hydrogen-bond donors (Lipinski definition) is 0. The maximum atomic E-state index is 4.75. The molecule has 5 heteroatoms. The zero-order chi connectivity index (χ0) is 14.2. The number of anilines is 1. The Hall–Kier alpha value is -1.62. The number of hydrogen-bond acceptors (Lipinski definition) is 4. The molecule has 2 aromatic heterocycles. The smallest absolute Gasteiger partial charge is 0.155 e. The van der Waals surface area contributed by atoms with Crippen LogP contribution in [-0.4, -0.2) is 52.7 Å². The maximum absolute atomic E-state index is 4.75. The molecule has 2 fully saturated rings. The molecule has 0 N–H and O–H groups in total. The van der Waals surface area contributed by atoms with E-state index in [1.54, 1.807) is 0 Å². The van der Waals surface area contributed by atoms with E-state index in [2.05, 4.69) is 35.2 Å². The topological polar surface area (TPSA) is 36.7 Å². The summed E-state index contributed by atoms with van der Waals surface area (Å²) in [4.78, 5) is 9.57. The largest absolute Gasteiger partial charge is 0.370 e. The first kappa shape index (κ1) is 13.1. The van der Waals surface area contributed by atoms with Crippen LogP contribution in [0.4, 0.5) is 5.69 Å². The maximum Gasteiger partial charge on any atom is 0.155 e. The highest BCUT2D eigenvalue weighted by Crippen LogP contribution is 2.26. The zero-order valence-electron chi connectivity index (χ0n) is 12.7. The van der Waals surface area contributed by atoms with E-state index in [1.165, 1.54) is 44.5 Å². The van der Waals surface area contributed by atoms with Crippen molar-refractivity contribution in [3.8, 4) is 0 Å². The lowest BCUT2D eigenvalue weighted by Gasteiger charge is -2.26. The number of pyridine rings is 1. The summed E-state index contributed by atoms with van der Waals surface area (Å²) >= 11 is 0. The van der Waals surface area contributed by atoms with Gasteiger partial charge in [0.15, 0.2) is 11.5 Å². The summed E-state index contributed by atoms with van der Waals surface area (Å²) < 4.78 is 1.97. The van der Waals surface area contributed by atoms with Crippen LogP contribution >= 0.6 is 0 Å². The molecule has 2 saturated heterocycles. The molecule has 0 aromatic carbocycles. The van der Waals surface area contributed by atoms with Crippen LogP contribution in [0.3, 0.4) is 0 Å². The highest BCUT2D eigenvalue weighted by atomic mass is 15.3. The monoisotopic (exact) mass is 285 g/mol. The number of rotatable bonds is 2. The SMILES string of the molecule is CN1CCC(c2nc3ccc(N4CCCC4)cn3n2)CC1. The van der Waals surface area contributed by atoms with E-state index in [4.69, 9.17) is 10.1 Å². The Kier molecular flexibility index (Phi) is 3.30. The molecule has 21 heavy (non-hydrogen) atoms. The fourth-order valence-electron chi connectivity index (χ4n) is 3.49. The number of likely N-dealkylation sites (tertiary alicyclic amines) is 1. The highest BCUT2D eigenvalue weighted by Gasteiger charge is 2.22. The lowest BCUT2D eigenvalue weighted by Crippen LogP contribution is -2.29. The number of aromatic nitrogens is 3. The molecule has 2 aliphatic heterocycles. The van der Waals surface area contributed by atoms with Crippen molar-refractivity contribution in [3.05, 3.63) is 24.2 Å². The summed E-state index contributed by atoms with van der Waals surface area (Å²) in [6, 6.07) is 4.30. The van der Waals surface area contributed by atoms with E-state index in [1.807, 2.05) is 4.52 Å². The van der Waals surface area contributed by atoms with Gasteiger partial charge >= 0.3 is 0 Å². The summed E-state index contributed by atoms with van der Waals surface area (Å²) in [5.41, 5.74) is 2.26. The molecule has 0 radical (unpaired) electrons. The molecule has 4 heterocycles. The predicted molar refractivity (Wildman–Crippen MR) is 83.9 cm³/mol. The Morgan fingerprint density at radius 1 is 1.05 bits per heavy atom. The van der Waals surface area contributed by atoms with Gasteiger partial charge < -0.3 is 9.80 Å². The van der Waals surface area contributed by atoms with Gasteiger partial charge in [0.25, 0.3) is 0 Å². The van der Waals surface area contributed by atoms with Gasteiger partial charge in [0.1, 0.15) is 0 Å². The van der Waals surface area contributed by atoms with Gasteiger partial charge in [-0.2, -0.15) is 5.10 Å². The number of nitrogens with zero attached hydrogens (tertiary/aromatic N) is 5. The molecule has 4 rings (SSSR count). The van der Waals surface area contributed by atoms with E-state index in [9.17, 15) is 0 Å². The van der Waals surface area contributed by atoms with Crippen LogP contribution in [0.1, 0.15) is 37.4 Å². The van der Waals surface area contributed by atoms with Crippen molar-refractivity contribution in [2.45, 2.75) is 31.6 Å². The molecule has 0 saturated carbocycles. The fourth-order valence-corrected chi connectivity index (χ4v) is 3.49. The van der Waals surface area contributed by atoms with Gasteiger partial charge in [0.2, 0.25) is 0 Å². The third-order valence-corrected chi connectivity index (χ3v) is 4.89. The second-order valence-electron chi connectivity index (χ2n) is 6.43. The molecule has 2 aliphatic rings. The Balaban J connectivity index is 1.60. The van der Waals surface area contributed by atoms with Crippen molar-refractivity contribution in [1.29, 1.82) is 0 Å². The first-order valence-electron chi connectivity index (χ1n) is 8.09. The standard InChI is InChI=1S/C16H23N5/c1-19-10-6-13(7-11-19)16-17-15-5-4-14(12-21(15)18-16)20-8-2-3-9-20/h4-5,12-13H,2-3,6-11H2,1H3. The number of piperidine rings is 1. The minimum Gasteiger partial charge on any atom is -0.370 e. The van der Waals surface area contributed by atoms with Crippen molar-refractivity contribution in [2.24, 2.45) is 0 Å². The van der Waals surface area contributed by atoms with Crippen LogP contribution in [0, 0.1) is 0 Å². The van der Waals surface area contributed by atoms with E-state index < -0.39 is 0 Å². The van der Waals surface area contributed by atoms with Crippen molar-refractivity contribution >= 4 is 11.3 Å². The van der Waals surface area contributed by atoms with Crippen molar-refractivity contribution in [3.63, 3.8) is 0 Å². The molecule has 0 atom stereocenters. The molecule has 0 bridgehead atoms. The van der Waals surface area contributed by atoms with Gasteiger partial charge in [-0.3, -0.25) is 0 Å². The second-order valence-corrected chi connectivity index (χ2v) is 6.43. The molecule has 0 spiro atoms. The second kappa shape index (κ2) is 5.30. The summed E-state index contributed by atoms with van der Waals surface area (Å²) in [5.74, 6) is 1.55. The van der Waals surface area contributed by atoms with Crippen LogP contribution in [0.25, 0.3) is 5.65 Å². The van der Waals surface area contributed by atoms with Crippen LogP contribution in [0.2, 0.25) is 0 Å². The average Bonchev–Trinajstić information content (AvgIpc) is 3.16. The van der Waals surface area contributed by atoms with Gasteiger partial charge in [0, 0.05) is 19.0 Å². The van der Waals surface area contributed by atoms with Crippen LogP contribution in [-0.2, 0) is 0 Å². The first-order valence-corrected chi connectivity index (χ1v) is 8.09. The van der Waals surface area contributed by atoms with Gasteiger partial charge in [0.05, 0.1) is 11.9 Å². The summed E-state index contributed by atoms with van der Waals surface area (Å²) in [6.45, 7) is 4.64. The molecule has 5 nitrogen and oxygen atoms in total. The summed E-state index contributed by atoms with van der Waals surface area (Å²) in [5, 5.41) is 4.75. The van der Waals surface area contributed by atoms with Crippen molar-refractivity contribution in [1.82, 2.24) is 19.5 Å². The quantitative estimate of drug-likeness (QED) is 0.847. The van der Waals surface area contributed by atoms with Gasteiger partial charge in [-0.1, -0.05) is 0 Å². The summed E-state index contributed by atoms with van der Waals surface area (Å²) in [6.07, 6.45) is 7.09. The van der Waals surface area contributed by atoms with Crippen LogP contribution < -0.4 is 4.90 Å². The van der Waals surface area contributed by atoms with E-state index in [-0.39, 0.29) is 0 Å². The molecule has 0 aliphatic carbocycles. The van der Waals surface area contributed by atoms with Crippen LogP contribution in [0.15, 0.2) is 18.3 Å². The molecule has 0 amide bonds. The predicted octanol–water partition coefficient (Wildman–Crippen LogP) is 2.14. The Morgan fingerprint density at radius 2 is 1.81 bits per heavy atom. The Morgan fingerprint density at radius 3 is 2.57 bits per heavy atom. The van der Waals surface area contributed by atoms with Crippen molar-refractivity contribution in [2.75, 3.05) is 38.1 Å². The van der Waals surface area contributed by atoms with E-state index in [0.29, 0.717) is 5.92 Å². The lowest BCUT2D eigenvalue weighted by atomic mass is 9.97.